The lowest BCUT2D eigenvalue weighted by molar-refractivity contribution is -0.120. The average Bonchev–Trinajstić information content (AvgIpc) is 3.45. The molecular weight excluding hydrogens is 420 g/mol. The first-order valence-corrected chi connectivity index (χ1v) is 11.3. The summed E-state index contributed by atoms with van der Waals surface area (Å²) in [5, 5.41) is 12.5. The zero-order valence-corrected chi connectivity index (χ0v) is 18.7. The predicted octanol–water partition coefficient (Wildman–Crippen LogP) is 4.92. The molecule has 2 aromatic heterocycles. The molecular formula is C25H24N4O2S. The van der Waals surface area contributed by atoms with Crippen LogP contribution in [0, 0.1) is 0 Å². The van der Waals surface area contributed by atoms with Crippen LogP contribution >= 0.6 is 11.3 Å². The van der Waals surface area contributed by atoms with Crippen molar-refractivity contribution in [1.82, 2.24) is 15.1 Å². The second-order valence-corrected chi connectivity index (χ2v) is 8.65. The highest BCUT2D eigenvalue weighted by Gasteiger charge is 2.19. The summed E-state index contributed by atoms with van der Waals surface area (Å²) in [5.74, 6) is -0.258. The van der Waals surface area contributed by atoms with Crippen molar-refractivity contribution in [3.8, 4) is 16.3 Å². The Labute approximate surface area is 190 Å². The summed E-state index contributed by atoms with van der Waals surface area (Å²) in [6.07, 6.45) is 2.06. The highest BCUT2D eigenvalue weighted by atomic mass is 32.1. The Morgan fingerprint density at radius 3 is 2.41 bits per heavy atom. The van der Waals surface area contributed by atoms with Gasteiger partial charge in [0.1, 0.15) is 5.69 Å². The summed E-state index contributed by atoms with van der Waals surface area (Å²) in [7, 11) is 0. The van der Waals surface area contributed by atoms with Gasteiger partial charge in [-0.2, -0.15) is 5.10 Å². The normalized spacial score (nSPS) is 10.8. The van der Waals surface area contributed by atoms with Gasteiger partial charge in [0, 0.05) is 17.9 Å². The van der Waals surface area contributed by atoms with Gasteiger partial charge in [-0.25, -0.2) is 4.68 Å². The molecule has 4 aromatic rings. The van der Waals surface area contributed by atoms with Crippen LogP contribution in [0.25, 0.3) is 16.3 Å². The minimum Gasteiger partial charge on any atom is -0.354 e. The van der Waals surface area contributed by atoms with Crippen molar-refractivity contribution in [2.75, 3.05) is 5.32 Å². The van der Waals surface area contributed by atoms with Crippen molar-refractivity contribution in [3.63, 3.8) is 0 Å². The van der Waals surface area contributed by atoms with E-state index in [4.69, 9.17) is 0 Å². The highest BCUT2D eigenvalue weighted by molar-refractivity contribution is 7.13. The molecule has 162 valence electrons. The van der Waals surface area contributed by atoms with Gasteiger partial charge < -0.3 is 10.6 Å². The maximum absolute atomic E-state index is 13.1. The fourth-order valence-corrected chi connectivity index (χ4v) is 4.03. The van der Waals surface area contributed by atoms with Gasteiger partial charge in [0.25, 0.3) is 5.91 Å². The number of para-hydroxylation sites is 1. The minimum atomic E-state index is -0.235. The third-order valence-electron chi connectivity index (χ3n) is 4.76. The van der Waals surface area contributed by atoms with Crippen molar-refractivity contribution in [2.45, 2.75) is 26.3 Å². The molecule has 0 aliphatic heterocycles. The summed E-state index contributed by atoms with van der Waals surface area (Å²) in [5.41, 5.74) is 3.57. The maximum atomic E-state index is 13.1. The lowest BCUT2D eigenvalue weighted by atomic mass is 10.1. The van der Waals surface area contributed by atoms with E-state index in [0.29, 0.717) is 23.4 Å². The van der Waals surface area contributed by atoms with Crippen molar-refractivity contribution >= 4 is 28.8 Å². The van der Waals surface area contributed by atoms with E-state index in [1.54, 1.807) is 22.2 Å². The maximum Gasteiger partial charge on any atom is 0.259 e. The van der Waals surface area contributed by atoms with Crippen LogP contribution in [0.2, 0.25) is 0 Å². The van der Waals surface area contributed by atoms with E-state index in [9.17, 15) is 9.59 Å². The summed E-state index contributed by atoms with van der Waals surface area (Å²) in [6, 6.07) is 21.0. The molecule has 0 saturated heterocycles. The van der Waals surface area contributed by atoms with Crippen LogP contribution in [0.3, 0.4) is 0 Å². The van der Waals surface area contributed by atoms with Crippen LogP contribution in [0.1, 0.15) is 29.8 Å². The first-order chi connectivity index (χ1) is 15.5. The van der Waals surface area contributed by atoms with Gasteiger partial charge in [0.15, 0.2) is 0 Å². The molecule has 4 rings (SSSR count). The Bertz CT molecular complexity index is 1200. The second-order valence-electron chi connectivity index (χ2n) is 7.70. The number of nitrogens with zero attached hydrogens (tertiary/aromatic N) is 2. The highest BCUT2D eigenvalue weighted by Crippen LogP contribution is 2.28. The fraction of sp³-hybridized carbons (Fsp3) is 0.160. The molecule has 0 aliphatic carbocycles. The molecule has 32 heavy (non-hydrogen) atoms. The van der Waals surface area contributed by atoms with Gasteiger partial charge in [-0.05, 0) is 55.1 Å². The fourth-order valence-electron chi connectivity index (χ4n) is 3.31. The zero-order chi connectivity index (χ0) is 22.5. The van der Waals surface area contributed by atoms with Gasteiger partial charge in [-0.3, -0.25) is 9.59 Å². The molecule has 2 heterocycles. The number of hydrogen-bond acceptors (Lipinski definition) is 4. The topological polar surface area (TPSA) is 76.0 Å². The monoisotopic (exact) mass is 444 g/mol. The number of amides is 2. The van der Waals surface area contributed by atoms with Crippen LogP contribution < -0.4 is 10.6 Å². The molecule has 0 saturated carbocycles. The second kappa shape index (κ2) is 9.62. The van der Waals surface area contributed by atoms with E-state index in [-0.39, 0.29) is 17.9 Å². The van der Waals surface area contributed by atoms with E-state index in [1.807, 2.05) is 86.0 Å². The smallest absolute Gasteiger partial charge is 0.259 e. The van der Waals surface area contributed by atoms with Crippen LogP contribution in [0.4, 0.5) is 5.69 Å². The van der Waals surface area contributed by atoms with Gasteiger partial charge in [0.2, 0.25) is 5.91 Å². The Kier molecular flexibility index (Phi) is 6.47. The predicted molar refractivity (Wildman–Crippen MR) is 128 cm³/mol. The lowest BCUT2D eigenvalue weighted by Gasteiger charge is -2.09. The number of nitrogens with one attached hydrogen (secondary N) is 2. The average molecular weight is 445 g/mol. The Morgan fingerprint density at radius 1 is 1.00 bits per heavy atom. The number of carbonyl (C=O) groups excluding carboxylic acids is 2. The van der Waals surface area contributed by atoms with Crippen molar-refractivity contribution < 1.29 is 9.59 Å². The number of anilines is 1. The molecule has 2 amide bonds. The Morgan fingerprint density at radius 2 is 1.75 bits per heavy atom. The first-order valence-electron chi connectivity index (χ1n) is 10.4. The third kappa shape index (κ3) is 5.12. The van der Waals surface area contributed by atoms with E-state index in [0.717, 1.165) is 16.1 Å². The van der Waals surface area contributed by atoms with Gasteiger partial charge >= 0.3 is 0 Å². The van der Waals surface area contributed by atoms with Crippen molar-refractivity contribution in [3.05, 3.63) is 89.4 Å². The third-order valence-corrected chi connectivity index (χ3v) is 5.64. The molecule has 0 fully saturated rings. The van der Waals surface area contributed by atoms with Gasteiger partial charge in [-0.15, -0.1) is 11.3 Å². The molecule has 2 aromatic carbocycles. The van der Waals surface area contributed by atoms with Gasteiger partial charge in [0.05, 0.1) is 22.5 Å². The number of carbonyl (C=O) groups is 2. The van der Waals surface area contributed by atoms with E-state index >= 15 is 0 Å². The van der Waals surface area contributed by atoms with E-state index < -0.39 is 0 Å². The van der Waals surface area contributed by atoms with Crippen LogP contribution in [0.15, 0.2) is 78.3 Å². The summed E-state index contributed by atoms with van der Waals surface area (Å²) in [4.78, 5) is 26.0. The number of aromatic nitrogens is 2. The van der Waals surface area contributed by atoms with Gasteiger partial charge in [-0.1, -0.05) is 36.4 Å². The quantitative estimate of drug-likeness (QED) is 0.425. The molecule has 0 unspecified atom stereocenters. The number of thiophene rings is 1. The summed E-state index contributed by atoms with van der Waals surface area (Å²) >= 11 is 1.54. The molecule has 6 nitrogen and oxygen atoms in total. The minimum absolute atomic E-state index is 0.0225. The zero-order valence-electron chi connectivity index (χ0n) is 17.9. The molecule has 0 aliphatic rings. The molecule has 0 spiro atoms. The van der Waals surface area contributed by atoms with E-state index in [1.165, 1.54) is 0 Å². The first kappa shape index (κ1) is 21.5. The molecule has 0 bridgehead atoms. The summed E-state index contributed by atoms with van der Waals surface area (Å²) in [6.45, 7) is 3.86. The summed E-state index contributed by atoms with van der Waals surface area (Å²) < 4.78 is 1.72. The number of hydrogen-bond donors (Lipinski definition) is 2. The SMILES string of the molecule is CC(C)NC(=O)Cc1ccc(NC(=O)c2cn(-c3ccccc3)nc2-c2cccs2)cc1. The number of benzene rings is 2. The largest absolute Gasteiger partial charge is 0.354 e. The molecule has 7 heteroatoms. The van der Waals surface area contributed by atoms with Crippen molar-refractivity contribution in [2.24, 2.45) is 0 Å². The van der Waals surface area contributed by atoms with Crippen LogP contribution in [-0.2, 0) is 11.2 Å². The lowest BCUT2D eigenvalue weighted by Crippen LogP contribution is -2.31. The molecule has 0 radical (unpaired) electrons. The molecule has 2 N–H and O–H groups in total. The molecule has 0 atom stereocenters. The van der Waals surface area contributed by atoms with Crippen LogP contribution in [0.5, 0.6) is 0 Å². The Balaban J connectivity index is 1.54. The number of rotatable bonds is 7. The Hall–Kier alpha value is -3.71. The van der Waals surface area contributed by atoms with E-state index in [2.05, 4.69) is 15.7 Å². The van der Waals surface area contributed by atoms with Crippen LogP contribution in [-0.4, -0.2) is 27.6 Å². The van der Waals surface area contributed by atoms with Crippen molar-refractivity contribution in [1.29, 1.82) is 0 Å². The standard InChI is InChI=1S/C25H24N4O2S/c1-17(2)26-23(30)15-18-10-12-19(13-11-18)27-25(31)21-16-29(20-7-4-3-5-8-20)28-24(21)22-9-6-14-32-22/h3-14,16-17H,15H2,1-2H3,(H,26,30)(H,27,31).